The molecule has 8 heteroatoms. The van der Waals surface area contributed by atoms with Crippen LogP contribution in [0, 0.1) is 12.8 Å². The van der Waals surface area contributed by atoms with Gasteiger partial charge in [-0.3, -0.25) is 13.9 Å². The second-order valence-corrected chi connectivity index (χ2v) is 11.3. The second-order valence-electron chi connectivity index (χ2n) is 9.43. The van der Waals surface area contributed by atoms with Gasteiger partial charge in [0.25, 0.3) is 10.0 Å². The lowest BCUT2D eigenvalue weighted by Crippen LogP contribution is -2.51. The first-order valence-corrected chi connectivity index (χ1v) is 13.8. The third kappa shape index (κ3) is 7.20. The van der Waals surface area contributed by atoms with Crippen molar-refractivity contribution in [1.29, 1.82) is 0 Å². The number of nitrogens with zero attached hydrogens (tertiary/aromatic N) is 2. The number of carbonyl (C=O) groups is 2. The Balaban J connectivity index is 1.99. The number of hydrogen-bond acceptors (Lipinski definition) is 4. The smallest absolute Gasteiger partial charge is 0.264 e. The van der Waals surface area contributed by atoms with Gasteiger partial charge in [-0.25, -0.2) is 8.42 Å². The molecule has 0 unspecified atom stereocenters. The van der Waals surface area contributed by atoms with Gasteiger partial charge in [0.1, 0.15) is 12.6 Å². The van der Waals surface area contributed by atoms with Gasteiger partial charge in [-0.15, -0.1) is 0 Å². The average molecular weight is 522 g/mol. The molecule has 3 aromatic carbocycles. The van der Waals surface area contributed by atoms with E-state index in [0.717, 1.165) is 9.87 Å². The highest BCUT2D eigenvalue weighted by Gasteiger charge is 2.33. The minimum atomic E-state index is -4.06. The zero-order chi connectivity index (χ0) is 27.0. The lowest BCUT2D eigenvalue weighted by Gasteiger charge is -2.32. The molecule has 0 saturated carbocycles. The van der Waals surface area contributed by atoms with E-state index in [-0.39, 0.29) is 23.3 Å². The largest absolute Gasteiger partial charge is 0.354 e. The summed E-state index contributed by atoms with van der Waals surface area (Å²) in [5, 5.41) is 2.89. The van der Waals surface area contributed by atoms with Crippen LogP contribution in [0.3, 0.4) is 0 Å². The van der Waals surface area contributed by atoms with Crippen LogP contribution < -0.4 is 9.62 Å². The van der Waals surface area contributed by atoms with Gasteiger partial charge in [0, 0.05) is 13.1 Å². The summed E-state index contributed by atoms with van der Waals surface area (Å²) in [5.41, 5.74) is 1.97. The zero-order valence-electron chi connectivity index (χ0n) is 21.8. The monoisotopic (exact) mass is 521 g/mol. The summed E-state index contributed by atoms with van der Waals surface area (Å²) in [5.74, 6) is -0.507. The molecular formula is C29H35N3O4S. The number of amides is 2. The van der Waals surface area contributed by atoms with E-state index in [9.17, 15) is 18.0 Å². The standard InChI is InChI=1S/C29H35N3O4S/c1-22(2)19-30-29(34)24(4)31(20-25-14-7-5-8-15-25)28(33)21-32(27-18-12-11-13-23(27)3)37(35,36)26-16-9-6-10-17-26/h5-18,22,24H,19-21H2,1-4H3,(H,30,34)/t24-/m0/s1. The van der Waals surface area contributed by atoms with Crippen LogP contribution in [-0.2, 0) is 26.2 Å². The molecule has 0 radical (unpaired) electrons. The van der Waals surface area contributed by atoms with Gasteiger partial charge < -0.3 is 10.2 Å². The van der Waals surface area contributed by atoms with Crippen LogP contribution in [0.5, 0.6) is 0 Å². The van der Waals surface area contributed by atoms with Gasteiger partial charge in [-0.2, -0.15) is 0 Å². The van der Waals surface area contributed by atoms with Crippen molar-refractivity contribution in [1.82, 2.24) is 10.2 Å². The van der Waals surface area contributed by atoms with Gasteiger partial charge in [0.2, 0.25) is 11.8 Å². The molecule has 0 bridgehead atoms. The molecule has 0 aliphatic heterocycles. The van der Waals surface area contributed by atoms with Crippen molar-refractivity contribution < 1.29 is 18.0 Å². The van der Waals surface area contributed by atoms with Crippen LogP contribution in [-0.4, -0.2) is 44.3 Å². The minimum Gasteiger partial charge on any atom is -0.354 e. The lowest BCUT2D eigenvalue weighted by molar-refractivity contribution is -0.139. The number of sulfonamides is 1. The summed E-state index contributed by atoms with van der Waals surface area (Å²) in [6.07, 6.45) is 0. The molecule has 1 atom stereocenters. The number of hydrogen-bond donors (Lipinski definition) is 1. The molecule has 0 spiro atoms. The molecule has 1 N–H and O–H groups in total. The first-order valence-electron chi connectivity index (χ1n) is 12.4. The fraction of sp³-hybridized carbons (Fsp3) is 0.310. The molecule has 0 aliphatic rings. The van der Waals surface area contributed by atoms with E-state index in [0.29, 0.717) is 17.8 Å². The van der Waals surface area contributed by atoms with Crippen molar-refractivity contribution >= 4 is 27.5 Å². The predicted octanol–water partition coefficient (Wildman–Crippen LogP) is 4.38. The molecule has 7 nitrogen and oxygen atoms in total. The highest BCUT2D eigenvalue weighted by Crippen LogP contribution is 2.27. The molecule has 0 aliphatic carbocycles. The maximum absolute atomic E-state index is 13.8. The Morgan fingerprint density at radius 1 is 0.838 bits per heavy atom. The molecule has 0 saturated heterocycles. The summed E-state index contributed by atoms with van der Waals surface area (Å²) in [7, 11) is -4.06. The summed E-state index contributed by atoms with van der Waals surface area (Å²) in [6.45, 7) is 7.66. The third-order valence-corrected chi connectivity index (χ3v) is 7.82. The maximum Gasteiger partial charge on any atom is 0.264 e. The quantitative estimate of drug-likeness (QED) is 0.406. The van der Waals surface area contributed by atoms with E-state index in [1.54, 1.807) is 50.2 Å². The molecule has 0 heterocycles. The van der Waals surface area contributed by atoms with Gasteiger partial charge >= 0.3 is 0 Å². The summed E-state index contributed by atoms with van der Waals surface area (Å²) in [6, 6.07) is 23.6. The zero-order valence-corrected chi connectivity index (χ0v) is 22.6. The fourth-order valence-electron chi connectivity index (χ4n) is 3.89. The first kappa shape index (κ1) is 27.9. The van der Waals surface area contributed by atoms with Gasteiger partial charge in [-0.1, -0.05) is 80.6 Å². The topological polar surface area (TPSA) is 86.8 Å². The summed E-state index contributed by atoms with van der Waals surface area (Å²) >= 11 is 0. The van der Waals surface area contributed by atoms with E-state index < -0.39 is 28.5 Å². The Morgan fingerprint density at radius 2 is 1.41 bits per heavy atom. The van der Waals surface area contributed by atoms with E-state index in [1.165, 1.54) is 17.0 Å². The molecule has 0 aromatic heterocycles. The van der Waals surface area contributed by atoms with E-state index in [2.05, 4.69) is 5.32 Å². The Bertz CT molecular complexity index is 1290. The van der Waals surface area contributed by atoms with E-state index in [1.807, 2.05) is 50.2 Å². The van der Waals surface area contributed by atoms with Gasteiger partial charge in [-0.05, 0) is 49.1 Å². The van der Waals surface area contributed by atoms with E-state index in [4.69, 9.17) is 0 Å². The minimum absolute atomic E-state index is 0.0865. The van der Waals surface area contributed by atoms with Gasteiger partial charge in [0.15, 0.2) is 0 Å². The number of aryl methyl sites for hydroxylation is 1. The number of rotatable bonds is 11. The second kappa shape index (κ2) is 12.5. The van der Waals surface area contributed by atoms with Crippen LogP contribution in [0.1, 0.15) is 31.9 Å². The Kier molecular flexibility index (Phi) is 9.47. The van der Waals surface area contributed by atoms with Crippen molar-refractivity contribution in [2.75, 3.05) is 17.4 Å². The van der Waals surface area contributed by atoms with Crippen LogP contribution >= 0.6 is 0 Å². The van der Waals surface area contributed by atoms with Crippen LogP contribution in [0.4, 0.5) is 5.69 Å². The van der Waals surface area contributed by atoms with Crippen molar-refractivity contribution in [2.24, 2.45) is 5.92 Å². The average Bonchev–Trinajstić information content (AvgIpc) is 2.90. The number of anilines is 1. The molecule has 0 fully saturated rings. The van der Waals surface area contributed by atoms with Crippen LogP contribution in [0.2, 0.25) is 0 Å². The summed E-state index contributed by atoms with van der Waals surface area (Å²) in [4.78, 5) is 28.3. The van der Waals surface area contributed by atoms with Crippen molar-refractivity contribution in [2.45, 2.75) is 45.2 Å². The van der Waals surface area contributed by atoms with Crippen molar-refractivity contribution in [3.63, 3.8) is 0 Å². The number of carbonyl (C=O) groups excluding carboxylic acids is 2. The molecule has 196 valence electrons. The Morgan fingerprint density at radius 3 is 2.00 bits per heavy atom. The maximum atomic E-state index is 13.8. The summed E-state index contributed by atoms with van der Waals surface area (Å²) < 4.78 is 28.7. The first-order chi connectivity index (χ1) is 17.6. The number of benzene rings is 3. The predicted molar refractivity (Wildman–Crippen MR) is 146 cm³/mol. The van der Waals surface area contributed by atoms with Crippen LogP contribution in [0.25, 0.3) is 0 Å². The molecular weight excluding hydrogens is 486 g/mol. The molecule has 3 rings (SSSR count). The van der Waals surface area contributed by atoms with Gasteiger partial charge in [0.05, 0.1) is 10.6 Å². The highest BCUT2D eigenvalue weighted by atomic mass is 32.2. The Labute approximate surface area is 220 Å². The normalized spacial score (nSPS) is 12.1. The SMILES string of the molecule is Cc1ccccc1N(CC(=O)N(Cc1ccccc1)[C@@H](C)C(=O)NCC(C)C)S(=O)(=O)c1ccccc1. The molecule has 37 heavy (non-hydrogen) atoms. The highest BCUT2D eigenvalue weighted by molar-refractivity contribution is 7.92. The molecule has 2 amide bonds. The lowest BCUT2D eigenvalue weighted by atomic mass is 10.1. The van der Waals surface area contributed by atoms with E-state index >= 15 is 0 Å². The number of nitrogens with one attached hydrogen (secondary N) is 1. The Hall–Kier alpha value is -3.65. The third-order valence-electron chi connectivity index (χ3n) is 6.04. The van der Waals surface area contributed by atoms with Crippen molar-refractivity contribution in [3.8, 4) is 0 Å². The number of para-hydroxylation sites is 1. The van der Waals surface area contributed by atoms with Crippen molar-refractivity contribution in [3.05, 3.63) is 96.1 Å². The molecule has 3 aromatic rings. The fourth-order valence-corrected chi connectivity index (χ4v) is 5.39. The van der Waals surface area contributed by atoms with Crippen LogP contribution in [0.15, 0.2) is 89.8 Å².